The average Bonchev–Trinajstić information content (AvgIpc) is 2.85. The summed E-state index contributed by atoms with van der Waals surface area (Å²) in [5, 5.41) is 2.31. The summed E-state index contributed by atoms with van der Waals surface area (Å²) in [6, 6.07) is 23.7. The number of piperidine rings is 1. The van der Waals surface area contributed by atoms with E-state index in [-0.39, 0.29) is 30.3 Å². The van der Waals surface area contributed by atoms with Crippen molar-refractivity contribution < 1.29 is 9.59 Å². The molecule has 1 aliphatic rings. The number of halogens is 1. The maximum Gasteiger partial charge on any atom is 0.239 e. The molecule has 1 fully saturated rings. The zero-order valence-electron chi connectivity index (χ0n) is 19.0. The first-order valence-corrected chi connectivity index (χ1v) is 11.5. The van der Waals surface area contributed by atoms with E-state index in [9.17, 15) is 9.59 Å². The van der Waals surface area contributed by atoms with Gasteiger partial charge in [-0.05, 0) is 47.7 Å². The number of hydrogen-bond acceptors (Lipinski definition) is 3. The largest absolute Gasteiger partial charge is 0.341 e. The molecule has 3 aromatic carbocycles. The maximum absolute atomic E-state index is 13.1. The van der Waals surface area contributed by atoms with Crippen molar-refractivity contribution in [1.82, 2.24) is 4.90 Å². The number of hydrogen-bond donors (Lipinski definition) is 1. The maximum atomic E-state index is 13.1. The van der Waals surface area contributed by atoms with Crippen molar-refractivity contribution >= 4 is 40.7 Å². The van der Waals surface area contributed by atoms with Crippen LogP contribution in [0, 0.1) is 0 Å². The molecule has 1 saturated heterocycles. The summed E-state index contributed by atoms with van der Waals surface area (Å²) in [5.41, 5.74) is 8.40. The number of fused-ring (bicyclic) bond motifs is 1. The second-order valence-electron chi connectivity index (χ2n) is 8.46. The highest BCUT2D eigenvalue weighted by Crippen LogP contribution is 2.25. The van der Waals surface area contributed by atoms with Gasteiger partial charge in [-0.2, -0.15) is 0 Å². The van der Waals surface area contributed by atoms with Crippen molar-refractivity contribution in [3.63, 3.8) is 0 Å². The first-order valence-electron chi connectivity index (χ1n) is 11.5. The fraction of sp³-hybridized carbons (Fsp3) is 0.333. The number of nitrogens with two attached hydrogens (primary N) is 1. The normalized spacial score (nSPS) is 15.0. The van der Waals surface area contributed by atoms with E-state index in [0.29, 0.717) is 25.9 Å². The van der Waals surface area contributed by atoms with Gasteiger partial charge in [0.05, 0.1) is 6.04 Å². The summed E-state index contributed by atoms with van der Waals surface area (Å²) in [6.45, 7) is 3.13. The Morgan fingerprint density at radius 2 is 1.61 bits per heavy atom. The number of anilines is 1. The summed E-state index contributed by atoms with van der Waals surface area (Å²) < 4.78 is 0. The number of carbonyl (C=O) groups excluding carboxylic acids is 2. The number of benzene rings is 3. The fourth-order valence-electron chi connectivity index (χ4n) is 4.69. The molecular weight excluding hydrogens is 434 g/mol. The smallest absolute Gasteiger partial charge is 0.239 e. The number of amides is 2. The standard InChI is InChI=1S/C27H31N3O2.ClH/c1-2-26(31)30(22-12-4-3-5-13-22)23-15-17-29(18-16-23)27(32)25(28)19-21-11-8-10-20-9-6-7-14-24(20)21;/h3-14,23,25H,2,15-19,28H2,1H3;1H. The highest BCUT2D eigenvalue weighted by Gasteiger charge is 2.31. The summed E-state index contributed by atoms with van der Waals surface area (Å²) in [6.07, 6.45) is 2.50. The van der Waals surface area contributed by atoms with Gasteiger partial charge in [0.2, 0.25) is 11.8 Å². The molecule has 0 saturated carbocycles. The van der Waals surface area contributed by atoms with Crippen LogP contribution in [0.4, 0.5) is 5.69 Å². The van der Waals surface area contributed by atoms with E-state index < -0.39 is 6.04 Å². The lowest BCUT2D eigenvalue weighted by atomic mass is 9.97. The first-order chi connectivity index (χ1) is 15.6. The van der Waals surface area contributed by atoms with Crippen LogP contribution in [0.3, 0.4) is 0 Å². The molecule has 0 spiro atoms. The van der Waals surface area contributed by atoms with E-state index in [1.807, 2.05) is 65.3 Å². The van der Waals surface area contributed by atoms with Gasteiger partial charge in [0.15, 0.2) is 0 Å². The van der Waals surface area contributed by atoms with Gasteiger partial charge in [-0.1, -0.05) is 67.6 Å². The van der Waals surface area contributed by atoms with E-state index in [1.165, 1.54) is 0 Å². The Kier molecular flexibility index (Phi) is 8.48. The predicted molar refractivity (Wildman–Crippen MR) is 137 cm³/mol. The number of carbonyl (C=O) groups is 2. The highest BCUT2D eigenvalue weighted by atomic mass is 35.5. The fourth-order valence-corrected chi connectivity index (χ4v) is 4.69. The van der Waals surface area contributed by atoms with Crippen molar-refractivity contribution in [1.29, 1.82) is 0 Å². The number of likely N-dealkylation sites (tertiary alicyclic amines) is 1. The van der Waals surface area contributed by atoms with Crippen LogP contribution < -0.4 is 10.6 Å². The Labute approximate surface area is 202 Å². The van der Waals surface area contributed by atoms with Gasteiger partial charge in [0.1, 0.15) is 0 Å². The van der Waals surface area contributed by atoms with Gasteiger partial charge >= 0.3 is 0 Å². The van der Waals surface area contributed by atoms with Gasteiger partial charge in [-0.25, -0.2) is 0 Å². The van der Waals surface area contributed by atoms with Crippen LogP contribution in [0.1, 0.15) is 31.7 Å². The SMILES string of the molecule is CCC(=O)N(c1ccccc1)C1CCN(C(=O)C(N)Cc2cccc3ccccc23)CC1.Cl. The molecule has 3 aromatic rings. The number of nitrogens with zero attached hydrogens (tertiary/aromatic N) is 2. The quantitative estimate of drug-likeness (QED) is 0.580. The third-order valence-corrected chi connectivity index (χ3v) is 6.38. The zero-order chi connectivity index (χ0) is 22.5. The number of para-hydroxylation sites is 1. The Morgan fingerprint density at radius 3 is 2.30 bits per heavy atom. The van der Waals surface area contributed by atoms with Crippen LogP contribution in [0.15, 0.2) is 72.8 Å². The molecule has 2 amide bonds. The summed E-state index contributed by atoms with van der Waals surface area (Å²) in [4.78, 5) is 29.5. The molecule has 4 rings (SSSR count). The van der Waals surface area contributed by atoms with Crippen molar-refractivity contribution in [3.8, 4) is 0 Å². The molecule has 1 atom stereocenters. The molecule has 174 valence electrons. The van der Waals surface area contributed by atoms with Crippen molar-refractivity contribution in [2.24, 2.45) is 5.73 Å². The van der Waals surface area contributed by atoms with Gasteiger partial charge in [-0.3, -0.25) is 9.59 Å². The van der Waals surface area contributed by atoms with Gasteiger partial charge in [0, 0.05) is 31.2 Å². The topological polar surface area (TPSA) is 66.6 Å². The van der Waals surface area contributed by atoms with Crippen LogP contribution >= 0.6 is 12.4 Å². The lowest BCUT2D eigenvalue weighted by molar-refractivity contribution is -0.133. The van der Waals surface area contributed by atoms with E-state index in [4.69, 9.17) is 5.73 Å². The summed E-state index contributed by atoms with van der Waals surface area (Å²) in [5.74, 6) is 0.109. The summed E-state index contributed by atoms with van der Waals surface area (Å²) >= 11 is 0. The van der Waals surface area contributed by atoms with Crippen LogP contribution in [-0.2, 0) is 16.0 Å². The monoisotopic (exact) mass is 465 g/mol. The summed E-state index contributed by atoms with van der Waals surface area (Å²) in [7, 11) is 0. The third-order valence-electron chi connectivity index (χ3n) is 6.38. The molecule has 6 heteroatoms. The molecule has 1 unspecified atom stereocenters. The van der Waals surface area contributed by atoms with E-state index in [0.717, 1.165) is 34.9 Å². The van der Waals surface area contributed by atoms with E-state index in [1.54, 1.807) is 0 Å². The lowest BCUT2D eigenvalue weighted by Gasteiger charge is -2.39. The molecule has 2 N–H and O–H groups in total. The molecule has 0 bridgehead atoms. The predicted octanol–water partition coefficient (Wildman–Crippen LogP) is 4.57. The molecule has 0 aliphatic carbocycles. The van der Waals surface area contributed by atoms with Crippen LogP contribution in [0.5, 0.6) is 0 Å². The highest BCUT2D eigenvalue weighted by molar-refractivity contribution is 5.94. The minimum atomic E-state index is -0.570. The molecule has 1 aliphatic heterocycles. The first kappa shape index (κ1) is 24.7. The van der Waals surface area contributed by atoms with Gasteiger partial charge in [0.25, 0.3) is 0 Å². The molecule has 5 nitrogen and oxygen atoms in total. The Balaban J connectivity index is 0.00000306. The Hall–Kier alpha value is -2.89. The number of rotatable bonds is 6. The van der Waals surface area contributed by atoms with Crippen molar-refractivity contribution in [2.75, 3.05) is 18.0 Å². The minimum Gasteiger partial charge on any atom is -0.341 e. The molecule has 33 heavy (non-hydrogen) atoms. The second kappa shape index (κ2) is 11.3. The van der Waals surface area contributed by atoms with Crippen LogP contribution in [0.2, 0.25) is 0 Å². The zero-order valence-corrected chi connectivity index (χ0v) is 19.8. The van der Waals surface area contributed by atoms with Gasteiger partial charge in [-0.15, -0.1) is 12.4 Å². The van der Waals surface area contributed by atoms with Crippen molar-refractivity contribution in [3.05, 3.63) is 78.4 Å². The van der Waals surface area contributed by atoms with E-state index in [2.05, 4.69) is 24.3 Å². The average molecular weight is 466 g/mol. The van der Waals surface area contributed by atoms with Crippen LogP contribution in [0.25, 0.3) is 10.8 Å². The lowest BCUT2D eigenvalue weighted by Crippen LogP contribution is -2.52. The minimum absolute atomic E-state index is 0. The third kappa shape index (κ3) is 5.55. The Morgan fingerprint density at radius 1 is 0.970 bits per heavy atom. The molecule has 0 aromatic heterocycles. The van der Waals surface area contributed by atoms with Crippen LogP contribution in [-0.4, -0.2) is 41.9 Å². The second-order valence-corrected chi connectivity index (χ2v) is 8.46. The van der Waals surface area contributed by atoms with Gasteiger partial charge < -0.3 is 15.5 Å². The van der Waals surface area contributed by atoms with Crippen molar-refractivity contribution in [2.45, 2.75) is 44.7 Å². The van der Waals surface area contributed by atoms with E-state index >= 15 is 0 Å². The molecule has 1 heterocycles. The Bertz CT molecular complexity index is 1080. The molecule has 0 radical (unpaired) electrons. The molecular formula is C27H32ClN3O2.